The Morgan fingerprint density at radius 3 is 2.12 bits per heavy atom. The second-order valence-electron chi connectivity index (χ2n) is 12.4. The van der Waals surface area contributed by atoms with E-state index in [-0.39, 0.29) is 12.3 Å². The number of halogens is 2. The van der Waals surface area contributed by atoms with E-state index in [1.807, 2.05) is 13.0 Å². The van der Waals surface area contributed by atoms with Gasteiger partial charge in [-0.15, -0.1) is 0 Å². The molecule has 0 bridgehead atoms. The maximum absolute atomic E-state index is 14.4. The van der Waals surface area contributed by atoms with Crippen molar-refractivity contribution in [1.29, 1.82) is 0 Å². The molecule has 4 atom stereocenters. The molecule has 1 fully saturated rings. The largest absolute Gasteiger partial charge is 0.465 e. The average Bonchev–Trinajstić information content (AvgIpc) is 2.85. The van der Waals surface area contributed by atoms with Gasteiger partial charge in [0.25, 0.3) is 5.91 Å². The van der Waals surface area contributed by atoms with Crippen LogP contribution in [0.2, 0.25) is 10.0 Å². The lowest BCUT2D eigenvalue weighted by Gasteiger charge is -2.49. The molecule has 1 heterocycles. The van der Waals surface area contributed by atoms with Crippen molar-refractivity contribution in [2.45, 2.75) is 89.5 Å². The van der Waals surface area contributed by atoms with Gasteiger partial charge in [0, 0.05) is 21.6 Å². The van der Waals surface area contributed by atoms with Crippen molar-refractivity contribution in [2.24, 2.45) is 0 Å². The fourth-order valence-corrected chi connectivity index (χ4v) is 6.66. The number of amides is 2. The van der Waals surface area contributed by atoms with Crippen LogP contribution in [0.3, 0.4) is 0 Å². The molecule has 1 aliphatic heterocycles. The highest BCUT2D eigenvalue weighted by Gasteiger charge is 2.49. The summed E-state index contributed by atoms with van der Waals surface area (Å²) < 4.78 is 32.3. The predicted molar refractivity (Wildman–Crippen MR) is 162 cm³/mol. The van der Waals surface area contributed by atoms with Crippen molar-refractivity contribution in [3.8, 4) is 0 Å². The summed E-state index contributed by atoms with van der Waals surface area (Å²) in [5, 5.41) is 11.0. The van der Waals surface area contributed by atoms with Crippen molar-refractivity contribution in [3.63, 3.8) is 0 Å². The first-order valence-corrected chi connectivity index (χ1v) is 16.0. The number of morpholine rings is 1. The molecule has 8 nitrogen and oxygen atoms in total. The Bertz CT molecular complexity index is 1350. The van der Waals surface area contributed by atoms with Gasteiger partial charge in [0.15, 0.2) is 15.9 Å². The van der Waals surface area contributed by atoms with Gasteiger partial charge in [0.05, 0.1) is 23.1 Å². The van der Waals surface area contributed by atoms with Gasteiger partial charge in [-0.05, 0) is 83.4 Å². The van der Waals surface area contributed by atoms with Crippen LogP contribution >= 0.6 is 23.2 Å². The van der Waals surface area contributed by atoms with Gasteiger partial charge < -0.3 is 19.6 Å². The van der Waals surface area contributed by atoms with E-state index in [0.29, 0.717) is 27.6 Å². The smallest absolute Gasteiger partial charge is 0.407 e. The minimum Gasteiger partial charge on any atom is -0.465 e. The second kappa shape index (κ2) is 12.5. The summed E-state index contributed by atoms with van der Waals surface area (Å²) >= 11 is 12.6. The quantitative estimate of drug-likeness (QED) is 0.346. The molecule has 2 aromatic carbocycles. The summed E-state index contributed by atoms with van der Waals surface area (Å²) in [6, 6.07) is 12.6. The standard InChI is InChI=1S/C30H40Cl2N2O6S/c1-8-23(18-41(38,39)30(5,6)7)34-25(19-12-14-21(31)15-13-19)26(20-10-9-11-22(32)16-20)40-24(27(34)35)17-33(28(36)37)29(2,3)4/h9-16,23-26H,8,17-18H2,1-7H3,(H,36,37)/t23-,24+,25+,26+/m0/s1. The first kappa shape index (κ1) is 33.2. The van der Waals surface area contributed by atoms with Crippen LogP contribution < -0.4 is 0 Å². The third-order valence-electron chi connectivity index (χ3n) is 7.41. The minimum absolute atomic E-state index is 0.235. The summed E-state index contributed by atoms with van der Waals surface area (Å²) in [4.78, 5) is 29.4. The van der Waals surface area contributed by atoms with Gasteiger partial charge in [0.1, 0.15) is 6.10 Å². The van der Waals surface area contributed by atoms with Crippen LogP contribution in [0.15, 0.2) is 48.5 Å². The second-order valence-corrected chi connectivity index (χ2v) is 16.0. The fraction of sp³-hybridized carbons (Fsp3) is 0.533. The number of carbonyl (C=O) groups is 2. The van der Waals surface area contributed by atoms with Crippen LogP contribution in [0.4, 0.5) is 4.79 Å². The van der Waals surface area contributed by atoms with Gasteiger partial charge in [-0.2, -0.15) is 0 Å². The maximum atomic E-state index is 14.4. The molecule has 0 unspecified atom stereocenters. The zero-order chi connectivity index (χ0) is 30.9. The highest BCUT2D eigenvalue weighted by atomic mass is 35.5. The monoisotopic (exact) mass is 626 g/mol. The molecule has 0 radical (unpaired) electrons. The lowest BCUT2D eigenvalue weighted by Crippen LogP contribution is -2.60. The molecule has 41 heavy (non-hydrogen) atoms. The maximum Gasteiger partial charge on any atom is 0.407 e. The van der Waals surface area contributed by atoms with E-state index in [1.54, 1.807) is 88.9 Å². The molecule has 1 N–H and O–H groups in total. The molecule has 2 amide bonds. The highest BCUT2D eigenvalue weighted by Crippen LogP contribution is 2.45. The number of sulfone groups is 1. The molecular weight excluding hydrogens is 587 g/mol. The van der Waals surface area contributed by atoms with Crippen LogP contribution in [0.5, 0.6) is 0 Å². The third-order valence-corrected chi connectivity index (χ3v) is 10.6. The van der Waals surface area contributed by atoms with Crippen molar-refractivity contribution in [2.75, 3.05) is 12.3 Å². The van der Waals surface area contributed by atoms with E-state index < -0.39 is 56.4 Å². The Balaban J connectivity index is 2.25. The molecule has 0 aromatic heterocycles. The van der Waals surface area contributed by atoms with Gasteiger partial charge in [-0.25, -0.2) is 13.2 Å². The fourth-order valence-electron chi connectivity index (χ4n) is 4.93. The van der Waals surface area contributed by atoms with Gasteiger partial charge in [-0.1, -0.05) is 54.4 Å². The Hall–Kier alpha value is -2.33. The average molecular weight is 628 g/mol. The molecule has 1 saturated heterocycles. The van der Waals surface area contributed by atoms with Crippen molar-refractivity contribution in [1.82, 2.24) is 9.80 Å². The summed E-state index contributed by atoms with van der Waals surface area (Å²) in [7, 11) is -3.64. The SMILES string of the molecule is CC[C@@H](CS(=O)(=O)C(C)(C)C)N1C(=O)[C@@H](CN(C(=O)O)C(C)(C)C)O[C@H](c2cccc(Cl)c2)[C@H]1c1ccc(Cl)cc1. The minimum atomic E-state index is -3.64. The highest BCUT2D eigenvalue weighted by molar-refractivity contribution is 7.92. The molecule has 2 aromatic rings. The van der Waals surface area contributed by atoms with E-state index in [4.69, 9.17) is 27.9 Å². The zero-order valence-electron chi connectivity index (χ0n) is 24.6. The van der Waals surface area contributed by atoms with Crippen molar-refractivity contribution < 1.29 is 27.9 Å². The molecule has 11 heteroatoms. The topological polar surface area (TPSA) is 104 Å². The Morgan fingerprint density at radius 2 is 1.63 bits per heavy atom. The van der Waals surface area contributed by atoms with E-state index in [0.717, 1.165) is 4.90 Å². The van der Waals surface area contributed by atoms with Crippen LogP contribution in [0.25, 0.3) is 0 Å². The molecular formula is C30H40Cl2N2O6S. The van der Waals surface area contributed by atoms with E-state index in [2.05, 4.69) is 0 Å². The number of benzene rings is 2. The van der Waals surface area contributed by atoms with Crippen LogP contribution in [0, 0.1) is 0 Å². The Labute approximate surface area is 253 Å². The van der Waals surface area contributed by atoms with Crippen molar-refractivity contribution >= 4 is 45.0 Å². The number of nitrogens with zero attached hydrogens (tertiary/aromatic N) is 2. The van der Waals surface area contributed by atoms with Gasteiger partial charge >= 0.3 is 6.09 Å². The lowest BCUT2D eigenvalue weighted by molar-refractivity contribution is -0.181. The normalized spacial score (nSPS) is 21.0. The van der Waals surface area contributed by atoms with Crippen molar-refractivity contribution in [3.05, 3.63) is 69.7 Å². The Kier molecular flexibility index (Phi) is 10.1. The summed E-state index contributed by atoms with van der Waals surface area (Å²) in [6.45, 7) is 11.7. The summed E-state index contributed by atoms with van der Waals surface area (Å²) in [5.74, 6) is -0.741. The number of rotatable bonds is 8. The number of hydrogen-bond acceptors (Lipinski definition) is 5. The lowest BCUT2D eigenvalue weighted by atomic mass is 9.90. The number of hydrogen-bond donors (Lipinski definition) is 1. The molecule has 1 aliphatic rings. The summed E-state index contributed by atoms with van der Waals surface area (Å²) in [5.41, 5.74) is 0.549. The van der Waals surface area contributed by atoms with Gasteiger partial charge in [0.2, 0.25) is 0 Å². The predicted octanol–water partition coefficient (Wildman–Crippen LogP) is 6.77. The van der Waals surface area contributed by atoms with E-state index >= 15 is 0 Å². The molecule has 0 saturated carbocycles. The van der Waals surface area contributed by atoms with Crippen LogP contribution in [0.1, 0.15) is 78.2 Å². The van der Waals surface area contributed by atoms with E-state index in [9.17, 15) is 23.1 Å². The van der Waals surface area contributed by atoms with E-state index in [1.165, 1.54) is 0 Å². The molecule has 226 valence electrons. The molecule has 0 aliphatic carbocycles. The molecule has 3 rings (SSSR count). The number of carbonyl (C=O) groups excluding carboxylic acids is 1. The third kappa shape index (κ3) is 7.55. The Morgan fingerprint density at radius 1 is 1.02 bits per heavy atom. The van der Waals surface area contributed by atoms with Crippen LogP contribution in [-0.4, -0.2) is 70.1 Å². The number of ether oxygens (including phenoxy) is 1. The number of carboxylic acid groups (broad SMARTS) is 1. The van der Waals surface area contributed by atoms with Gasteiger partial charge in [-0.3, -0.25) is 4.79 Å². The zero-order valence-corrected chi connectivity index (χ0v) is 26.9. The first-order valence-electron chi connectivity index (χ1n) is 13.6. The first-order chi connectivity index (χ1) is 18.9. The van der Waals surface area contributed by atoms with Crippen LogP contribution in [-0.2, 0) is 19.4 Å². The molecule has 0 spiro atoms. The summed E-state index contributed by atoms with van der Waals surface area (Å²) in [6.07, 6.45) is -2.81.